The van der Waals surface area contributed by atoms with Crippen molar-refractivity contribution >= 4 is 21.6 Å². The number of hydrogen-bond acceptors (Lipinski definition) is 4. The fraction of sp³-hybridized carbons (Fsp3) is 0.409. The number of aryl methyl sites for hydroxylation is 2. The van der Waals surface area contributed by atoms with Gasteiger partial charge in [-0.3, -0.25) is 4.79 Å². The zero-order valence-electron chi connectivity index (χ0n) is 16.6. The second-order valence-electron chi connectivity index (χ2n) is 7.65. The third-order valence-electron chi connectivity index (χ3n) is 5.56. The number of hydrogen-bond donors (Lipinski definition) is 0. The summed E-state index contributed by atoms with van der Waals surface area (Å²) in [6.45, 7) is 3.73. The van der Waals surface area contributed by atoms with Crippen molar-refractivity contribution in [2.45, 2.75) is 37.5 Å². The van der Waals surface area contributed by atoms with E-state index in [1.807, 2.05) is 31.2 Å². The van der Waals surface area contributed by atoms with Gasteiger partial charge in [-0.2, -0.15) is 4.31 Å². The predicted molar refractivity (Wildman–Crippen MR) is 112 cm³/mol. The van der Waals surface area contributed by atoms with Crippen molar-refractivity contribution in [2.24, 2.45) is 0 Å². The molecule has 6 nitrogen and oxygen atoms in total. The van der Waals surface area contributed by atoms with Crippen LogP contribution in [0.25, 0.3) is 0 Å². The summed E-state index contributed by atoms with van der Waals surface area (Å²) in [5.41, 5.74) is 2.82. The van der Waals surface area contributed by atoms with Crippen LogP contribution in [-0.4, -0.2) is 44.9 Å². The third-order valence-corrected chi connectivity index (χ3v) is 7.45. The molecule has 1 amide bonds. The number of carbonyl (C=O) groups excluding carboxylic acids is 1. The molecule has 0 aliphatic carbocycles. The van der Waals surface area contributed by atoms with Gasteiger partial charge in [0, 0.05) is 25.3 Å². The molecule has 2 aromatic rings. The molecule has 0 N–H and O–H groups in total. The van der Waals surface area contributed by atoms with E-state index in [9.17, 15) is 13.2 Å². The van der Waals surface area contributed by atoms with Crippen molar-refractivity contribution in [3.05, 3.63) is 53.6 Å². The monoisotopic (exact) mass is 414 g/mol. The highest BCUT2D eigenvalue weighted by molar-refractivity contribution is 7.89. The lowest BCUT2D eigenvalue weighted by molar-refractivity contribution is -0.120. The minimum Gasteiger partial charge on any atom is -0.484 e. The Bertz CT molecular complexity index is 996. The van der Waals surface area contributed by atoms with Crippen LogP contribution in [0.5, 0.6) is 5.75 Å². The van der Waals surface area contributed by atoms with Crippen LogP contribution in [-0.2, 0) is 21.2 Å². The van der Waals surface area contributed by atoms with E-state index in [1.165, 1.54) is 0 Å². The molecule has 2 aliphatic rings. The number of anilines is 1. The van der Waals surface area contributed by atoms with E-state index in [2.05, 4.69) is 0 Å². The molecule has 0 aromatic heterocycles. The quantitative estimate of drug-likeness (QED) is 0.754. The van der Waals surface area contributed by atoms with Gasteiger partial charge in [-0.05, 0) is 68.5 Å². The molecule has 0 saturated carbocycles. The summed E-state index contributed by atoms with van der Waals surface area (Å²) in [6, 6.07) is 12.7. The summed E-state index contributed by atoms with van der Waals surface area (Å²) < 4.78 is 32.9. The number of amides is 1. The maximum absolute atomic E-state index is 12.8. The zero-order chi connectivity index (χ0) is 20.4. The highest BCUT2D eigenvalue weighted by Gasteiger charge is 2.29. The molecular weight excluding hydrogens is 388 g/mol. The first-order valence-corrected chi connectivity index (χ1v) is 11.5. The van der Waals surface area contributed by atoms with Crippen LogP contribution in [0.3, 0.4) is 0 Å². The fourth-order valence-corrected chi connectivity index (χ4v) is 5.50. The average Bonchev–Trinajstić information content (AvgIpc) is 3.28. The highest BCUT2D eigenvalue weighted by Crippen LogP contribution is 2.31. The van der Waals surface area contributed by atoms with Crippen LogP contribution in [0.2, 0.25) is 0 Å². The zero-order valence-corrected chi connectivity index (χ0v) is 17.5. The molecular formula is C22H26N2O4S. The Kier molecular flexibility index (Phi) is 5.61. The first kappa shape index (κ1) is 19.9. The molecule has 154 valence electrons. The molecule has 1 saturated heterocycles. The van der Waals surface area contributed by atoms with Gasteiger partial charge in [-0.25, -0.2) is 8.42 Å². The minimum atomic E-state index is -3.45. The average molecular weight is 415 g/mol. The van der Waals surface area contributed by atoms with E-state index in [-0.39, 0.29) is 12.5 Å². The summed E-state index contributed by atoms with van der Waals surface area (Å²) in [4.78, 5) is 14.8. The molecule has 4 rings (SSSR count). The number of benzene rings is 2. The van der Waals surface area contributed by atoms with Crippen LogP contribution in [0.1, 0.15) is 30.4 Å². The van der Waals surface area contributed by atoms with Gasteiger partial charge in [0.1, 0.15) is 5.75 Å². The summed E-state index contributed by atoms with van der Waals surface area (Å²) in [5, 5.41) is 0. The normalized spacial score (nSPS) is 17.2. The Morgan fingerprint density at radius 2 is 1.72 bits per heavy atom. The van der Waals surface area contributed by atoms with E-state index >= 15 is 0 Å². The Labute approximate surface area is 172 Å². The van der Waals surface area contributed by atoms with E-state index in [1.54, 1.807) is 27.4 Å². The molecule has 0 spiro atoms. The second kappa shape index (κ2) is 8.16. The summed E-state index contributed by atoms with van der Waals surface area (Å²) in [7, 11) is -3.45. The molecule has 0 bridgehead atoms. The second-order valence-corrected chi connectivity index (χ2v) is 9.59. The highest BCUT2D eigenvalue weighted by atomic mass is 32.2. The van der Waals surface area contributed by atoms with Crippen LogP contribution in [0, 0.1) is 6.92 Å². The number of rotatable bonds is 5. The van der Waals surface area contributed by atoms with Crippen LogP contribution >= 0.6 is 0 Å². The first-order valence-electron chi connectivity index (χ1n) is 10.1. The molecule has 2 aromatic carbocycles. The van der Waals surface area contributed by atoms with Gasteiger partial charge in [0.2, 0.25) is 10.0 Å². The Hall–Kier alpha value is -2.38. The summed E-state index contributed by atoms with van der Waals surface area (Å²) in [5.74, 6) is 0.537. The fourth-order valence-electron chi connectivity index (χ4n) is 3.93. The maximum Gasteiger partial charge on any atom is 0.264 e. The van der Waals surface area contributed by atoms with Crippen LogP contribution in [0.15, 0.2) is 47.4 Å². The van der Waals surface area contributed by atoms with E-state index < -0.39 is 10.0 Å². The predicted octanol–water partition coefficient (Wildman–Crippen LogP) is 3.14. The lowest BCUT2D eigenvalue weighted by Gasteiger charge is -2.30. The van der Waals surface area contributed by atoms with E-state index in [4.69, 9.17) is 4.74 Å². The summed E-state index contributed by atoms with van der Waals surface area (Å²) in [6.07, 6.45) is 3.39. The largest absolute Gasteiger partial charge is 0.484 e. The van der Waals surface area contributed by atoms with Crippen LogP contribution in [0.4, 0.5) is 5.69 Å². The van der Waals surface area contributed by atoms with Crippen molar-refractivity contribution in [2.75, 3.05) is 31.1 Å². The molecule has 2 aliphatic heterocycles. The van der Waals surface area contributed by atoms with E-state index in [0.29, 0.717) is 30.3 Å². The smallest absolute Gasteiger partial charge is 0.264 e. The van der Waals surface area contributed by atoms with Crippen molar-refractivity contribution in [3.8, 4) is 5.75 Å². The number of ether oxygens (including phenoxy) is 1. The Morgan fingerprint density at radius 3 is 2.45 bits per heavy atom. The topological polar surface area (TPSA) is 66.9 Å². The Morgan fingerprint density at radius 1 is 1.00 bits per heavy atom. The SMILES string of the molecule is Cc1ccc(OCC(=O)N2CCCc3cc(S(=O)(=O)N4CCCC4)ccc32)cc1. The van der Waals surface area contributed by atoms with Gasteiger partial charge in [0.15, 0.2) is 6.61 Å². The number of fused-ring (bicyclic) bond motifs is 1. The van der Waals surface area contributed by atoms with Gasteiger partial charge >= 0.3 is 0 Å². The van der Waals surface area contributed by atoms with Crippen molar-refractivity contribution < 1.29 is 17.9 Å². The first-order chi connectivity index (χ1) is 13.9. The third kappa shape index (κ3) is 4.16. The van der Waals surface area contributed by atoms with Gasteiger partial charge in [0.25, 0.3) is 5.91 Å². The molecule has 7 heteroatoms. The lowest BCUT2D eigenvalue weighted by atomic mass is 10.0. The van der Waals surface area contributed by atoms with Gasteiger partial charge < -0.3 is 9.64 Å². The van der Waals surface area contributed by atoms with Crippen LogP contribution < -0.4 is 9.64 Å². The van der Waals surface area contributed by atoms with Gasteiger partial charge in [-0.15, -0.1) is 0 Å². The molecule has 0 atom stereocenters. The minimum absolute atomic E-state index is 0.0453. The van der Waals surface area contributed by atoms with Gasteiger partial charge in [0.05, 0.1) is 4.90 Å². The molecule has 1 fully saturated rings. The Balaban J connectivity index is 1.50. The van der Waals surface area contributed by atoms with Crippen molar-refractivity contribution in [1.29, 1.82) is 0 Å². The molecule has 0 radical (unpaired) electrons. The van der Waals surface area contributed by atoms with Crippen molar-refractivity contribution in [3.63, 3.8) is 0 Å². The van der Waals surface area contributed by atoms with Gasteiger partial charge in [-0.1, -0.05) is 17.7 Å². The van der Waals surface area contributed by atoms with E-state index in [0.717, 1.165) is 42.5 Å². The molecule has 0 unspecified atom stereocenters. The molecule has 2 heterocycles. The maximum atomic E-state index is 12.8. The number of sulfonamides is 1. The number of nitrogens with zero attached hydrogens (tertiary/aromatic N) is 2. The van der Waals surface area contributed by atoms with Crippen molar-refractivity contribution in [1.82, 2.24) is 4.31 Å². The molecule has 29 heavy (non-hydrogen) atoms. The standard InChI is InChI=1S/C22H26N2O4S/c1-17-6-8-19(9-7-17)28-16-22(25)24-14-4-5-18-15-20(10-11-21(18)24)29(26,27)23-12-2-3-13-23/h6-11,15H,2-5,12-14,16H2,1H3. The number of carbonyl (C=O) groups is 1. The summed E-state index contributed by atoms with van der Waals surface area (Å²) >= 11 is 0. The lowest BCUT2D eigenvalue weighted by Crippen LogP contribution is -2.38.